The molecule has 0 spiro atoms. The maximum absolute atomic E-state index is 10.4. The summed E-state index contributed by atoms with van der Waals surface area (Å²) in [7, 11) is 0. The highest BCUT2D eigenvalue weighted by molar-refractivity contribution is 7.71. The Morgan fingerprint density at radius 2 is 2.27 bits per heavy atom. The molecule has 4 unspecified atom stereocenters. The third-order valence-corrected chi connectivity index (χ3v) is 5.36. The van der Waals surface area contributed by atoms with Gasteiger partial charge >= 0.3 is 0 Å². The Morgan fingerprint density at radius 1 is 1.50 bits per heavy atom. The van der Waals surface area contributed by atoms with Crippen LogP contribution in [-0.4, -0.2) is 26.0 Å². The van der Waals surface area contributed by atoms with Crippen LogP contribution in [0.5, 0.6) is 0 Å². The predicted molar refractivity (Wildman–Crippen MR) is 89.9 cm³/mol. The number of aromatic amines is 1. The number of nitrogens with one attached hydrogen (secondary N) is 1. The van der Waals surface area contributed by atoms with E-state index in [0.29, 0.717) is 33.2 Å². The van der Waals surface area contributed by atoms with Crippen molar-refractivity contribution in [3.8, 4) is 0 Å². The van der Waals surface area contributed by atoms with Gasteiger partial charge in [-0.05, 0) is 54.1 Å². The molecular formula is C15H17Cl2N3OS. The van der Waals surface area contributed by atoms with Crippen LogP contribution >= 0.6 is 35.4 Å². The number of hydrogen-bond donors (Lipinski definition) is 2. The number of hydrogen-bond acceptors (Lipinski definition) is 3. The molecule has 1 heterocycles. The van der Waals surface area contributed by atoms with E-state index in [1.807, 2.05) is 12.1 Å². The summed E-state index contributed by atoms with van der Waals surface area (Å²) in [6.07, 6.45) is 2.09. The number of aromatic nitrogens is 3. The van der Waals surface area contributed by atoms with Crippen LogP contribution < -0.4 is 0 Å². The summed E-state index contributed by atoms with van der Waals surface area (Å²) >= 11 is 17.3. The van der Waals surface area contributed by atoms with Crippen LogP contribution in [0, 0.1) is 16.6 Å². The van der Waals surface area contributed by atoms with Gasteiger partial charge in [0.2, 0.25) is 4.77 Å². The Kier molecular flexibility index (Phi) is 4.59. The van der Waals surface area contributed by atoms with Gasteiger partial charge in [-0.25, -0.2) is 4.98 Å². The Labute approximate surface area is 144 Å². The van der Waals surface area contributed by atoms with E-state index in [2.05, 4.69) is 17.0 Å². The van der Waals surface area contributed by atoms with Crippen LogP contribution in [0.3, 0.4) is 0 Å². The molecule has 0 saturated heterocycles. The minimum Gasteiger partial charge on any atom is -0.391 e. The zero-order chi connectivity index (χ0) is 15.9. The molecule has 1 aliphatic carbocycles. The Bertz CT molecular complexity index is 730. The molecule has 118 valence electrons. The minimum atomic E-state index is -0.478. The van der Waals surface area contributed by atoms with E-state index in [-0.39, 0.29) is 5.92 Å². The molecule has 1 fully saturated rings. The fraction of sp³-hybridized carbons (Fsp3) is 0.467. The summed E-state index contributed by atoms with van der Waals surface area (Å²) in [5.41, 5.74) is 1.12. The molecule has 4 nitrogen and oxygen atoms in total. The van der Waals surface area contributed by atoms with E-state index in [4.69, 9.17) is 35.4 Å². The van der Waals surface area contributed by atoms with E-state index in [9.17, 15) is 5.11 Å². The van der Waals surface area contributed by atoms with Gasteiger partial charge in [0.25, 0.3) is 0 Å². The van der Waals surface area contributed by atoms with Crippen molar-refractivity contribution in [2.24, 2.45) is 11.8 Å². The van der Waals surface area contributed by atoms with Crippen molar-refractivity contribution < 1.29 is 5.11 Å². The topological polar surface area (TPSA) is 53.8 Å². The molecule has 0 radical (unpaired) electrons. The third kappa shape index (κ3) is 3.23. The zero-order valence-electron chi connectivity index (χ0n) is 12.0. The molecule has 0 bridgehead atoms. The first kappa shape index (κ1) is 16.0. The lowest BCUT2D eigenvalue weighted by molar-refractivity contribution is 0.0828. The molecule has 0 aliphatic heterocycles. The van der Waals surface area contributed by atoms with Gasteiger partial charge in [-0.15, -0.1) is 0 Å². The van der Waals surface area contributed by atoms with Crippen molar-refractivity contribution in [3.05, 3.63) is 44.9 Å². The molecule has 1 aliphatic rings. The van der Waals surface area contributed by atoms with Crippen molar-refractivity contribution in [1.82, 2.24) is 14.8 Å². The lowest BCUT2D eigenvalue weighted by atomic mass is 9.95. The molecule has 1 saturated carbocycles. The van der Waals surface area contributed by atoms with Crippen LogP contribution in [0.1, 0.15) is 24.8 Å². The predicted octanol–water partition coefficient (Wildman–Crippen LogP) is 4.05. The number of halogens is 2. The Morgan fingerprint density at radius 3 is 2.91 bits per heavy atom. The van der Waals surface area contributed by atoms with Crippen LogP contribution in [-0.2, 0) is 6.54 Å². The molecule has 3 rings (SSSR count). The van der Waals surface area contributed by atoms with E-state index < -0.39 is 6.10 Å². The average Bonchev–Trinajstić information content (AvgIpc) is 3.15. The number of benzene rings is 1. The second-order valence-corrected chi connectivity index (χ2v) is 7.09. The number of aliphatic hydroxyl groups excluding tert-OH is 1. The number of aliphatic hydroxyl groups is 1. The van der Waals surface area contributed by atoms with Crippen LogP contribution in [0.2, 0.25) is 10.0 Å². The quantitative estimate of drug-likeness (QED) is 0.793. The molecule has 7 heteroatoms. The molecule has 2 aromatic rings. The van der Waals surface area contributed by atoms with Gasteiger partial charge in [-0.1, -0.05) is 36.2 Å². The normalized spacial score (nSPS) is 23.3. The van der Waals surface area contributed by atoms with Gasteiger partial charge in [-0.2, -0.15) is 0 Å². The third-order valence-electron chi connectivity index (χ3n) is 4.47. The summed E-state index contributed by atoms with van der Waals surface area (Å²) in [4.78, 5) is 3.95. The zero-order valence-corrected chi connectivity index (χ0v) is 14.4. The van der Waals surface area contributed by atoms with Crippen molar-refractivity contribution in [2.75, 3.05) is 0 Å². The summed E-state index contributed by atoms with van der Waals surface area (Å²) < 4.78 is 2.14. The fourth-order valence-electron chi connectivity index (χ4n) is 3.00. The first-order valence-electron chi connectivity index (χ1n) is 7.20. The van der Waals surface area contributed by atoms with Crippen molar-refractivity contribution in [2.45, 2.75) is 31.9 Å². The monoisotopic (exact) mass is 357 g/mol. The molecule has 1 aromatic heterocycles. The minimum absolute atomic E-state index is 0.155. The van der Waals surface area contributed by atoms with Gasteiger partial charge < -0.3 is 5.11 Å². The first-order valence-corrected chi connectivity index (χ1v) is 8.37. The summed E-state index contributed by atoms with van der Waals surface area (Å²) in [5.74, 6) is 0.969. The molecule has 2 N–H and O–H groups in total. The number of rotatable bonds is 5. The summed E-state index contributed by atoms with van der Waals surface area (Å²) in [5, 5.41) is 14.7. The van der Waals surface area contributed by atoms with Gasteiger partial charge in [0.05, 0.1) is 12.6 Å². The van der Waals surface area contributed by atoms with E-state index in [0.717, 1.165) is 12.0 Å². The van der Waals surface area contributed by atoms with E-state index in [1.54, 1.807) is 10.7 Å². The smallest absolute Gasteiger partial charge is 0.215 e. The largest absolute Gasteiger partial charge is 0.391 e. The van der Waals surface area contributed by atoms with E-state index >= 15 is 0 Å². The second-order valence-electron chi connectivity index (χ2n) is 5.88. The molecule has 1 aromatic carbocycles. The van der Waals surface area contributed by atoms with Crippen molar-refractivity contribution in [1.29, 1.82) is 0 Å². The van der Waals surface area contributed by atoms with Crippen LogP contribution in [0.4, 0.5) is 0 Å². The average molecular weight is 358 g/mol. The van der Waals surface area contributed by atoms with Gasteiger partial charge in [0.15, 0.2) is 0 Å². The summed E-state index contributed by atoms with van der Waals surface area (Å²) in [6, 6.07) is 5.63. The van der Waals surface area contributed by atoms with Gasteiger partial charge in [-0.3, -0.25) is 9.78 Å². The highest BCUT2D eigenvalue weighted by Crippen LogP contribution is 2.54. The first-order chi connectivity index (χ1) is 10.5. The fourth-order valence-corrected chi connectivity index (χ4v) is 3.73. The molecular weight excluding hydrogens is 341 g/mol. The van der Waals surface area contributed by atoms with Crippen molar-refractivity contribution >= 4 is 35.4 Å². The van der Waals surface area contributed by atoms with Crippen molar-refractivity contribution in [3.63, 3.8) is 0 Å². The Hall–Kier alpha value is -0.880. The maximum Gasteiger partial charge on any atom is 0.215 e. The van der Waals surface area contributed by atoms with Gasteiger partial charge in [0, 0.05) is 10.0 Å². The maximum atomic E-state index is 10.4. The SMILES string of the molecule is CC(C(O)Cn1[nH]cnc1=S)C1CC1c1ccc(Cl)cc1Cl. The molecule has 4 atom stereocenters. The highest BCUT2D eigenvalue weighted by Gasteiger charge is 2.45. The van der Waals surface area contributed by atoms with Gasteiger partial charge in [0.1, 0.15) is 6.33 Å². The Balaban J connectivity index is 1.66. The lowest BCUT2D eigenvalue weighted by Crippen LogP contribution is -2.26. The molecule has 0 amide bonds. The number of nitrogens with zero attached hydrogens (tertiary/aromatic N) is 2. The second kappa shape index (κ2) is 6.32. The highest BCUT2D eigenvalue weighted by atomic mass is 35.5. The van der Waals surface area contributed by atoms with Crippen LogP contribution in [0.15, 0.2) is 24.5 Å². The van der Waals surface area contributed by atoms with E-state index in [1.165, 1.54) is 6.33 Å². The van der Waals surface area contributed by atoms with Crippen LogP contribution in [0.25, 0.3) is 0 Å². The number of H-pyrrole nitrogens is 1. The standard InChI is InChI=1S/C15H17Cl2N3OS/c1-8(14(21)6-20-15(22)18-7-19-20)11-5-12(11)10-3-2-9(16)4-13(10)17/h2-4,7-8,11-12,14,21H,5-6H2,1H3,(H,18,19,22). The molecule has 22 heavy (non-hydrogen) atoms. The summed E-state index contributed by atoms with van der Waals surface area (Å²) in [6.45, 7) is 2.50. The lowest BCUT2D eigenvalue weighted by Gasteiger charge is -2.19.